The third-order valence-electron chi connectivity index (χ3n) is 3.49. The molecule has 2 rings (SSSR count). The van der Waals surface area contributed by atoms with Crippen LogP contribution in [0.2, 0.25) is 0 Å². The number of aliphatic hydroxyl groups is 1. The minimum atomic E-state index is -0.259. The second-order valence-electron chi connectivity index (χ2n) is 5.20. The summed E-state index contributed by atoms with van der Waals surface area (Å²) in [5.74, 6) is 0. The van der Waals surface area contributed by atoms with Crippen LogP contribution in [0.5, 0.6) is 0 Å². The van der Waals surface area contributed by atoms with Gasteiger partial charge in [-0.15, -0.1) is 0 Å². The Hall–Kier alpha value is -1.41. The Morgan fingerprint density at radius 2 is 1.89 bits per heavy atom. The molecule has 0 aliphatic heterocycles. The number of para-hydroxylation sites is 1. The van der Waals surface area contributed by atoms with E-state index in [9.17, 15) is 5.11 Å². The fourth-order valence-electron chi connectivity index (χ4n) is 2.37. The molecule has 1 aromatic heterocycles. The Balaban J connectivity index is 1.89. The predicted molar refractivity (Wildman–Crippen MR) is 80.2 cm³/mol. The first-order valence-electron chi connectivity index (χ1n) is 7.32. The zero-order valence-electron chi connectivity index (χ0n) is 11.7. The minimum absolute atomic E-state index is 0.259. The Kier molecular flexibility index (Phi) is 5.34. The van der Waals surface area contributed by atoms with E-state index >= 15 is 0 Å². The van der Waals surface area contributed by atoms with Crippen LogP contribution in [0.1, 0.15) is 44.7 Å². The van der Waals surface area contributed by atoms with Crippen molar-refractivity contribution in [3.63, 3.8) is 0 Å². The Bertz CT molecular complexity index is 509. The first kappa shape index (κ1) is 14.0. The van der Waals surface area contributed by atoms with Crippen molar-refractivity contribution in [2.24, 2.45) is 0 Å². The molecule has 2 nitrogen and oxygen atoms in total. The van der Waals surface area contributed by atoms with Crippen LogP contribution < -0.4 is 0 Å². The van der Waals surface area contributed by atoms with Gasteiger partial charge in [-0.05, 0) is 18.6 Å². The van der Waals surface area contributed by atoms with Crippen LogP contribution in [-0.2, 0) is 6.42 Å². The van der Waals surface area contributed by atoms with Gasteiger partial charge in [-0.3, -0.25) is 4.98 Å². The molecule has 1 heterocycles. The number of hydrogen-bond acceptors (Lipinski definition) is 2. The van der Waals surface area contributed by atoms with Crippen molar-refractivity contribution in [2.75, 3.05) is 0 Å². The maximum absolute atomic E-state index is 10.0. The number of hydrogen-bond donors (Lipinski definition) is 1. The fourth-order valence-corrected chi connectivity index (χ4v) is 2.37. The number of aliphatic hydroxyl groups excluding tert-OH is 1. The van der Waals surface area contributed by atoms with Crippen molar-refractivity contribution in [1.82, 2.24) is 4.98 Å². The van der Waals surface area contributed by atoms with E-state index in [-0.39, 0.29) is 6.10 Å². The molecule has 0 radical (unpaired) electrons. The van der Waals surface area contributed by atoms with Crippen molar-refractivity contribution in [1.29, 1.82) is 0 Å². The molecule has 0 spiro atoms. The summed E-state index contributed by atoms with van der Waals surface area (Å²) in [6, 6.07) is 12.2. The van der Waals surface area contributed by atoms with Gasteiger partial charge in [0.15, 0.2) is 0 Å². The molecule has 0 saturated carbocycles. The lowest BCUT2D eigenvalue weighted by Crippen LogP contribution is -2.11. The number of unbranched alkanes of at least 4 members (excludes halogenated alkanes) is 3. The zero-order valence-corrected chi connectivity index (χ0v) is 11.7. The third-order valence-corrected chi connectivity index (χ3v) is 3.49. The average molecular weight is 257 g/mol. The summed E-state index contributed by atoms with van der Waals surface area (Å²) < 4.78 is 0. The van der Waals surface area contributed by atoms with Gasteiger partial charge in [0, 0.05) is 17.5 Å². The largest absolute Gasteiger partial charge is 0.393 e. The maximum atomic E-state index is 10.0. The topological polar surface area (TPSA) is 33.1 Å². The average Bonchev–Trinajstić information content (AvgIpc) is 2.43. The third kappa shape index (κ3) is 4.32. The zero-order chi connectivity index (χ0) is 13.5. The van der Waals surface area contributed by atoms with Gasteiger partial charge in [0.05, 0.1) is 11.6 Å². The summed E-state index contributed by atoms with van der Waals surface area (Å²) in [7, 11) is 0. The highest BCUT2D eigenvalue weighted by molar-refractivity contribution is 5.78. The van der Waals surface area contributed by atoms with Crippen LogP contribution in [0.25, 0.3) is 10.9 Å². The SMILES string of the molecule is CCCCCCC(O)Cc1ccc2ccccc2n1. The molecule has 2 heteroatoms. The van der Waals surface area contributed by atoms with Gasteiger partial charge >= 0.3 is 0 Å². The predicted octanol–water partition coefficient (Wildman–Crippen LogP) is 4.11. The Morgan fingerprint density at radius 1 is 1.05 bits per heavy atom. The van der Waals surface area contributed by atoms with Crippen LogP contribution in [0, 0.1) is 0 Å². The molecule has 1 aromatic carbocycles. The maximum Gasteiger partial charge on any atom is 0.0705 e. The smallest absolute Gasteiger partial charge is 0.0705 e. The lowest BCUT2D eigenvalue weighted by atomic mass is 10.0. The van der Waals surface area contributed by atoms with Crippen molar-refractivity contribution >= 4 is 10.9 Å². The highest BCUT2D eigenvalue weighted by Gasteiger charge is 2.07. The number of benzene rings is 1. The number of fused-ring (bicyclic) bond motifs is 1. The van der Waals surface area contributed by atoms with Crippen molar-refractivity contribution in [3.05, 3.63) is 42.1 Å². The Morgan fingerprint density at radius 3 is 2.74 bits per heavy atom. The van der Waals surface area contributed by atoms with Gasteiger partial charge < -0.3 is 5.11 Å². The van der Waals surface area contributed by atoms with Gasteiger partial charge in [0.1, 0.15) is 0 Å². The van der Waals surface area contributed by atoms with Crippen molar-refractivity contribution < 1.29 is 5.11 Å². The summed E-state index contributed by atoms with van der Waals surface area (Å²) >= 11 is 0. The number of aromatic nitrogens is 1. The molecule has 0 aliphatic rings. The molecule has 1 unspecified atom stereocenters. The highest BCUT2D eigenvalue weighted by Crippen LogP contribution is 2.14. The summed E-state index contributed by atoms with van der Waals surface area (Å²) in [5, 5.41) is 11.2. The van der Waals surface area contributed by atoms with Gasteiger partial charge in [0.2, 0.25) is 0 Å². The van der Waals surface area contributed by atoms with Crippen LogP contribution in [0.15, 0.2) is 36.4 Å². The van der Waals surface area contributed by atoms with Crippen LogP contribution in [0.3, 0.4) is 0 Å². The standard InChI is InChI=1S/C17H23NO/c1-2-3-4-5-9-16(19)13-15-12-11-14-8-6-7-10-17(14)18-15/h6-8,10-12,16,19H,2-5,9,13H2,1H3. The van der Waals surface area contributed by atoms with E-state index in [1.54, 1.807) is 0 Å². The molecule has 2 aromatic rings. The van der Waals surface area contributed by atoms with Gasteiger partial charge in [-0.2, -0.15) is 0 Å². The summed E-state index contributed by atoms with van der Waals surface area (Å²) in [6.45, 7) is 2.20. The Labute approximate surface area is 115 Å². The monoisotopic (exact) mass is 257 g/mol. The molecule has 1 atom stereocenters. The first-order valence-corrected chi connectivity index (χ1v) is 7.32. The number of nitrogens with zero attached hydrogens (tertiary/aromatic N) is 1. The molecule has 0 bridgehead atoms. The second-order valence-corrected chi connectivity index (χ2v) is 5.20. The first-order chi connectivity index (χ1) is 9.29. The van der Waals surface area contributed by atoms with Crippen molar-refractivity contribution in [3.8, 4) is 0 Å². The fraction of sp³-hybridized carbons (Fsp3) is 0.471. The molecular formula is C17H23NO. The van der Waals surface area contributed by atoms with E-state index in [1.165, 1.54) is 19.3 Å². The lowest BCUT2D eigenvalue weighted by Gasteiger charge is -2.10. The van der Waals surface area contributed by atoms with E-state index in [0.29, 0.717) is 6.42 Å². The molecule has 0 saturated heterocycles. The molecule has 0 amide bonds. The normalized spacial score (nSPS) is 12.7. The van der Waals surface area contributed by atoms with Gasteiger partial charge in [-0.25, -0.2) is 0 Å². The van der Waals surface area contributed by atoms with E-state index in [2.05, 4.69) is 24.0 Å². The van der Waals surface area contributed by atoms with E-state index in [4.69, 9.17) is 0 Å². The van der Waals surface area contributed by atoms with Gasteiger partial charge in [0.25, 0.3) is 0 Å². The van der Waals surface area contributed by atoms with E-state index < -0.39 is 0 Å². The quantitative estimate of drug-likeness (QED) is 0.757. The highest BCUT2D eigenvalue weighted by atomic mass is 16.3. The van der Waals surface area contributed by atoms with E-state index in [1.807, 2.05) is 24.3 Å². The molecule has 0 fully saturated rings. The molecule has 102 valence electrons. The van der Waals surface area contributed by atoms with Crippen LogP contribution in [-0.4, -0.2) is 16.2 Å². The summed E-state index contributed by atoms with van der Waals surface area (Å²) in [5.41, 5.74) is 2.00. The van der Waals surface area contributed by atoms with Crippen molar-refractivity contribution in [2.45, 2.75) is 51.6 Å². The van der Waals surface area contributed by atoms with E-state index in [0.717, 1.165) is 29.4 Å². The summed E-state index contributed by atoms with van der Waals surface area (Å²) in [6.07, 6.45) is 6.13. The summed E-state index contributed by atoms with van der Waals surface area (Å²) in [4.78, 5) is 4.60. The molecule has 0 aliphatic carbocycles. The van der Waals surface area contributed by atoms with Crippen LogP contribution >= 0.6 is 0 Å². The molecular weight excluding hydrogens is 234 g/mol. The lowest BCUT2D eigenvalue weighted by molar-refractivity contribution is 0.160. The minimum Gasteiger partial charge on any atom is -0.393 e. The van der Waals surface area contributed by atoms with Gasteiger partial charge in [-0.1, -0.05) is 56.9 Å². The number of rotatable bonds is 7. The molecule has 1 N–H and O–H groups in total. The van der Waals surface area contributed by atoms with Crippen LogP contribution in [0.4, 0.5) is 0 Å². The molecule has 19 heavy (non-hydrogen) atoms. The number of pyridine rings is 1. The second kappa shape index (κ2) is 7.25.